The maximum Gasteiger partial charge on any atom is 0.141 e. The summed E-state index contributed by atoms with van der Waals surface area (Å²) < 4.78 is 25.3. The van der Waals surface area contributed by atoms with E-state index in [1.165, 1.54) is 31.4 Å². The number of imidazole rings is 1. The Balaban J connectivity index is 1.69. The number of methoxy groups -OCH3 is 1. The molecule has 1 aliphatic carbocycles. The third-order valence-corrected chi connectivity index (χ3v) is 5.01. The number of ether oxygens (including phenoxy) is 2. The largest absolute Gasteiger partial charge is 0.497 e. The number of fused-ring (bicyclic) bond motifs is 1. The molecule has 3 aromatic rings. The minimum absolute atomic E-state index is 0.223. The minimum atomic E-state index is -0.306. The molecule has 0 saturated heterocycles. The molecule has 5 heteroatoms. The van der Waals surface area contributed by atoms with Crippen molar-refractivity contribution in [2.24, 2.45) is 0 Å². The lowest BCUT2D eigenvalue weighted by molar-refractivity contribution is -0.0152. The first kappa shape index (κ1) is 17.0. The number of H-pyrrole nitrogens is 1. The van der Waals surface area contributed by atoms with Crippen LogP contribution in [0.1, 0.15) is 49.6 Å². The van der Waals surface area contributed by atoms with Crippen LogP contribution in [0, 0.1) is 5.82 Å². The Bertz CT molecular complexity index is 869. The van der Waals surface area contributed by atoms with Crippen LogP contribution in [0.25, 0.3) is 11.0 Å². The van der Waals surface area contributed by atoms with Crippen LogP contribution in [0.2, 0.25) is 0 Å². The van der Waals surface area contributed by atoms with E-state index in [1.807, 2.05) is 24.3 Å². The molecule has 1 saturated carbocycles. The van der Waals surface area contributed by atoms with Crippen LogP contribution in [0.3, 0.4) is 0 Å². The van der Waals surface area contributed by atoms with Crippen LogP contribution in [-0.2, 0) is 4.74 Å². The van der Waals surface area contributed by atoms with Gasteiger partial charge in [0.2, 0.25) is 0 Å². The number of hydrogen-bond donors (Lipinski definition) is 1. The predicted molar refractivity (Wildman–Crippen MR) is 98.8 cm³/mol. The molecule has 0 amide bonds. The van der Waals surface area contributed by atoms with Crippen molar-refractivity contribution < 1.29 is 13.9 Å². The summed E-state index contributed by atoms with van der Waals surface area (Å²) >= 11 is 0. The zero-order chi connectivity index (χ0) is 17.9. The summed E-state index contributed by atoms with van der Waals surface area (Å²) in [6.07, 6.45) is 5.73. The first-order valence-corrected chi connectivity index (χ1v) is 9.17. The normalized spacial score (nSPS) is 16.7. The molecule has 0 spiro atoms. The third-order valence-electron chi connectivity index (χ3n) is 5.01. The zero-order valence-electron chi connectivity index (χ0n) is 14.9. The number of benzene rings is 2. The van der Waals surface area contributed by atoms with E-state index in [4.69, 9.17) is 9.47 Å². The van der Waals surface area contributed by atoms with Crippen molar-refractivity contribution in [3.05, 3.63) is 59.7 Å². The van der Waals surface area contributed by atoms with Crippen LogP contribution in [0.4, 0.5) is 4.39 Å². The van der Waals surface area contributed by atoms with Crippen LogP contribution in [-0.4, -0.2) is 23.2 Å². The van der Waals surface area contributed by atoms with Gasteiger partial charge in [-0.2, -0.15) is 0 Å². The average molecular weight is 354 g/mol. The van der Waals surface area contributed by atoms with Crippen LogP contribution >= 0.6 is 0 Å². The maximum absolute atomic E-state index is 13.5. The van der Waals surface area contributed by atoms with Gasteiger partial charge in [-0.25, -0.2) is 9.37 Å². The summed E-state index contributed by atoms with van der Waals surface area (Å²) in [7, 11) is 1.65. The number of nitrogens with one attached hydrogen (secondary N) is 1. The molecule has 1 heterocycles. The third kappa shape index (κ3) is 3.58. The lowest BCUT2D eigenvalue weighted by Gasteiger charge is -2.27. The number of halogens is 1. The van der Waals surface area contributed by atoms with Gasteiger partial charge in [0.05, 0.1) is 24.2 Å². The minimum Gasteiger partial charge on any atom is -0.497 e. The van der Waals surface area contributed by atoms with E-state index in [-0.39, 0.29) is 18.0 Å². The topological polar surface area (TPSA) is 47.1 Å². The van der Waals surface area contributed by atoms with Crippen LogP contribution in [0.15, 0.2) is 42.5 Å². The van der Waals surface area contributed by atoms with Crippen molar-refractivity contribution >= 4 is 11.0 Å². The summed E-state index contributed by atoms with van der Waals surface area (Å²) in [6, 6.07) is 12.5. The van der Waals surface area contributed by atoms with Gasteiger partial charge >= 0.3 is 0 Å². The molecule has 1 fully saturated rings. The molecule has 136 valence electrons. The second kappa shape index (κ2) is 7.46. The molecule has 0 aliphatic heterocycles. The number of nitrogens with zero attached hydrogens (tertiary/aromatic N) is 1. The monoisotopic (exact) mass is 354 g/mol. The van der Waals surface area contributed by atoms with Gasteiger partial charge in [0.15, 0.2) is 0 Å². The number of aromatic amines is 1. The summed E-state index contributed by atoms with van der Waals surface area (Å²) in [4.78, 5) is 7.91. The Morgan fingerprint density at radius 2 is 1.85 bits per heavy atom. The van der Waals surface area contributed by atoms with Crippen molar-refractivity contribution in [3.63, 3.8) is 0 Å². The molecule has 1 atom stereocenters. The smallest absolute Gasteiger partial charge is 0.141 e. The molecular formula is C21H23FN2O2. The van der Waals surface area contributed by atoms with Crippen LogP contribution < -0.4 is 4.74 Å². The molecule has 1 aromatic heterocycles. The number of hydrogen-bond acceptors (Lipinski definition) is 3. The Labute approximate surface area is 152 Å². The highest BCUT2D eigenvalue weighted by atomic mass is 19.1. The number of aromatic nitrogens is 2. The lowest BCUT2D eigenvalue weighted by Crippen LogP contribution is -2.21. The second-order valence-electron chi connectivity index (χ2n) is 6.83. The van der Waals surface area contributed by atoms with Crippen molar-refractivity contribution in [2.75, 3.05) is 7.11 Å². The van der Waals surface area contributed by atoms with Gasteiger partial charge in [-0.1, -0.05) is 31.4 Å². The van der Waals surface area contributed by atoms with Gasteiger partial charge < -0.3 is 14.5 Å². The zero-order valence-corrected chi connectivity index (χ0v) is 14.9. The molecule has 1 N–H and O–H groups in total. The van der Waals surface area contributed by atoms with E-state index >= 15 is 0 Å². The fourth-order valence-electron chi connectivity index (χ4n) is 3.60. The van der Waals surface area contributed by atoms with Gasteiger partial charge in [-0.3, -0.25) is 0 Å². The Hall–Kier alpha value is -2.40. The van der Waals surface area contributed by atoms with E-state index < -0.39 is 0 Å². The van der Waals surface area contributed by atoms with E-state index in [1.54, 1.807) is 13.2 Å². The molecule has 4 rings (SSSR count). The van der Waals surface area contributed by atoms with Crippen molar-refractivity contribution in [3.8, 4) is 5.75 Å². The first-order valence-electron chi connectivity index (χ1n) is 9.17. The standard InChI is InChI=1S/C21H23FN2O2/c1-25-16-10-7-14(8-11-16)20(26-17-5-3-2-4-6-17)21-23-18-12-9-15(22)13-19(18)24-21/h7-13,17,20H,2-6H2,1H3,(H,23,24). The van der Waals surface area contributed by atoms with E-state index in [0.29, 0.717) is 11.3 Å². The molecule has 26 heavy (non-hydrogen) atoms. The Morgan fingerprint density at radius 3 is 2.58 bits per heavy atom. The molecular weight excluding hydrogens is 331 g/mol. The summed E-state index contributed by atoms with van der Waals surface area (Å²) in [5, 5.41) is 0. The molecule has 2 aromatic carbocycles. The summed E-state index contributed by atoms with van der Waals surface area (Å²) in [5.41, 5.74) is 2.44. The maximum atomic E-state index is 13.5. The fraction of sp³-hybridized carbons (Fsp3) is 0.381. The van der Waals surface area contributed by atoms with Crippen molar-refractivity contribution in [1.29, 1.82) is 0 Å². The SMILES string of the molecule is COc1ccc(C(OC2CCCCC2)c2nc3cc(F)ccc3[nH]2)cc1. The lowest BCUT2D eigenvalue weighted by atomic mass is 9.97. The summed E-state index contributed by atoms with van der Waals surface area (Å²) in [6.45, 7) is 0. The predicted octanol–water partition coefficient (Wildman–Crippen LogP) is 5.15. The highest BCUT2D eigenvalue weighted by Crippen LogP contribution is 2.32. The Morgan fingerprint density at radius 1 is 1.08 bits per heavy atom. The molecule has 0 radical (unpaired) electrons. The fourth-order valence-corrected chi connectivity index (χ4v) is 3.60. The van der Waals surface area contributed by atoms with Gasteiger partial charge in [0, 0.05) is 6.07 Å². The molecule has 1 aliphatic rings. The van der Waals surface area contributed by atoms with Crippen LogP contribution in [0.5, 0.6) is 5.75 Å². The van der Waals surface area contributed by atoms with E-state index in [2.05, 4.69) is 9.97 Å². The van der Waals surface area contributed by atoms with Crippen molar-refractivity contribution in [1.82, 2.24) is 9.97 Å². The number of rotatable bonds is 5. The summed E-state index contributed by atoms with van der Waals surface area (Å²) in [5.74, 6) is 1.22. The molecule has 1 unspecified atom stereocenters. The quantitative estimate of drug-likeness (QED) is 0.689. The highest BCUT2D eigenvalue weighted by molar-refractivity contribution is 5.75. The molecule has 4 nitrogen and oxygen atoms in total. The van der Waals surface area contributed by atoms with Crippen molar-refractivity contribution in [2.45, 2.75) is 44.3 Å². The van der Waals surface area contributed by atoms with Gasteiger partial charge in [-0.15, -0.1) is 0 Å². The average Bonchev–Trinajstić information content (AvgIpc) is 3.10. The first-order chi connectivity index (χ1) is 12.7. The molecule has 0 bridgehead atoms. The van der Waals surface area contributed by atoms with E-state index in [9.17, 15) is 4.39 Å². The second-order valence-corrected chi connectivity index (χ2v) is 6.83. The van der Waals surface area contributed by atoms with Gasteiger partial charge in [0.25, 0.3) is 0 Å². The van der Waals surface area contributed by atoms with Gasteiger partial charge in [0.1, 0.15) is 23.5 Å². The van der Waals surface area contributed by atoms with Gasteiger partial charge in [-0.05, 0) is 42.7 Å². The highest BCUT2D eigenvalue weighted by Gasteiger charge is 2.24. The van der Waals surface area contributed by atoms with E-state index in [0.717, 1.165) is 29.7 Å². The Kier molecular flexibility index (Phi) is 4.89.